The lowest BCUT2D eigenvalue weighted by Gasteiger charge is -2.08. The minimum atomic E-state index is -0.961. The van der Waals surface area contributed by atoms with E-state index >= 15 is 0 Å². The van der Waals surface area contributed by atoms with Crippen LogP contribution < -0.4 is 10.9 Å². The average Bonchev–Trinajstić information content (AvgIpc) is 2.51. The minimum absolute atomic E-state index is 0.0234. The van der Waals surface area contributed by atoms with Crippen molar-refractivity contribution in [2.75, 3.05) is 0 Å². The lowest BCUT2D eigenvalue weighted by molar-refractivity contribution is -0.137. The Morgan fingerprint density at radius 2 is 1.82 bits per heavy atom. The Labute approximate surface area is 126 Å². The van der Waals surface area contributed by atoms with Crippen molar-refractivity contribution in [3.05, 3.63) is 42.2 Å². The molecule has 0 saturated carbocycles. The Hall–Kier alpha value is -2.96. The zero-order valence-corrected chi connectivity index (χ0v) is 11.7. The van der Waals surface area contributed by atoms with E-state index in [9.17, 15) is 14.4 Å². The number of rotatable bonds is 5. The second-order valence-electron chi connectivity index (χ2n) is 4.63. The number of aliphatic carboxylic acids is 1. The lowest BCUT2D eigenvalue weighted by atomic mass is 10.1. The molecule has 7 nitrogen and oxygen atoms in total. The number of carbonyl (C=O) groups excluding carboxylic acids is 2. The van der Waals surface area contributed by atoms with Gasteiger partial charge >= 0.3 is 5.97 Å². The van der Waals surface area contributed by atoms with Crippen molar-refractivity contribution in [3.8, 4) is 0 Å². The number of carboxylic acids is 1. The molecule has 2 rings (SSSR count). The first-order chi connectivity index (χ1) is 10.6. The predicted octanol–water partition coefficient (Wildman–Crippen LogP) is 1.25. The molecule has 114 valence electrons. The second-order valence-corrected chi connectivity index (χ2v) is 4.63. The number of benzene rings is 1. The molecule has 0 bridgehead atoms. The van der Waals surface area contributed by atoms with Crippen LogP contribution in [0.5, 0.6) is 0 Å². The number of hydrogen-bond acceptors (Lipinski definition) is 4. The van der Waals surface area contributed by atoms with E-state index in [4.69, 9.17) is 5.11 Å². The van der Waals surface area contributed by atoms with Crippen LogP contribution in [0.3, 0.4) is 0 Å². The van der Waals surface area contributed by atoms with Crippen molar-refractivity contribution in [1.82, 2.24) is 15.8 Å². The molecule has 0 saturated heterocycles. The van der Waals surface area contributed by atoms with Gasteiger partial charge in [-0.2, -0.15) is 0 Å². The molecule has 7 heteroatoms. The molecule has 0 fully saturated rings. The SMILES string of the molecule is O=C(O)CCCC(=O)NNC(=O)c1nccc2ccccc12. The van der Waals surface area contributed by atoms with Gasteiger partial charge in [-0.15, -0.1) is 0 Å². The summed E-state index contributed by atoms with van der Waals surface area (Å²) in [5, 5.41) is 10.0. The molecule has 0 radical (unpaired) electrons. The average molecular weight is 301 g/mol. The molecule has 0 atom stereocenters. The van der Waals surface area contributed by atoms with Crippen molar-refractivity contribution >= 4 is 28.6 Å². The molecule has 3 N–H and O–H groups in total. The highest BCUT2D eigenvalue weighted by molar-refractivity contribution is 6.05. The summed E-state index contributed by atoms with van der Waals surface area (Å²) in [5.74, 6) is -1.94. The van der Waals surface area contributed by atoms with Crippen LogP contribution in [0.1, 0.15) is 29.8 Å². The van der Waals surface area contributed by atoms with Gasteiger partial charge in [0.05, 0.1) is 0 Å². The van der Waals surface area contributed by atoms with E-state index in [0.717, 1.165) is 5.39 Å². The van der Waals surface area contributed by atoms with Crippen molar-refractivity contribution in [2.24, 2.45) is 0 Å². The van der Waals surface area contributed by atoms with E-state index in [1.54, 1.807) is 18.2 Å². The first-order valence-corrected chi connectivity index (χ1v) is 6.72. The number of hydrogen-bond donors (Lipinski definition) is 3. The number of aromatic nitrogens is 1. The molecule has 0 aliphatic carbocycles. The van der Waals surface area contributed by atoms with Crippen molar-refractivity contribution in [3.63, 3.8) is 0 Å². The molecule has 2 aromatic rings. The quantitative estimate of drug-likeness (QED) is 0.720. The van der Waals surface area contributed by atoms with Gasteiger partial charge in [0, 0.05) is 24.4 Å². The van der Waals surface area contributed by atoms with E-state index in [0.29, 0.717) is 5.39 Å². The Kier molecular flexibility index (Phi) is 5.02. The Bertz CT molecular complexity index is 710. The molecular formula is C15H15N3O4. The van der Waals surface area contributed by atoms with Gasteiger partial charge in [-0.25, -0.2) is 0 Å². The summed E-state index contributed by atoms with van der Waals surface area (Å²) < 4.78 is 0. The van der Waals surface area contributed by atoms with Crippen LogP contribution in [-0.4, -0.2) is 27.9 Å². The third-order valence-electron chi connectivity index (χ3n) is 3.00. The normalized spacial score (nSPS) is 10.2. The van der Waals surface area contributed by atoms with Gasteiger partial charge in [0.1, 0.15) is 5.69 Å². The summed E-state index contributed by atoms with van der Waals surface area (Å²) in [6.45, 7) is 0. The number of nitrogens with one attached hydrogen (secondary N) is 2. The van der Waals surface area contributed by atoms with Gasteiger partial charge in [0.2, 0.25) is 5.91 Å². The molecule has 0 spiro atoms. The zero-order valence-electron chi connectivity index (χ0n) is 11.7. The summed E-state index contributed by atoms with van der Waals surface area (Å²) in [6.07, 6.45) is 1.66. The molecule has 22 heavy (non-hydrogen) atoms. The Balaban J connectivity index is 1.94. The summed E-state index contributed by atoms with van der Waals surface area (Å²) in [4.78, 5) is 37.9. The number of carboxylic acid groups (broad SMARTS) is 1. The van der Waals surface area contributed by atoms with Gasteiger partial charge in [-0.1, -0.05) is 24.3 Å². The van der Waals surface area contributed by atoms with Crippen LogP contribution in [0.2, 0.25) is 0 Å². The number of fused-ring (bicyclic) bond motifs is 1. The summed E-state index contributed by atoms with van der Waals surface area (Å²) in [7, 11) is 0. The molecule has 0 aliphatic heterocycles. The molecule has 1 aromatic heterocycles. The fourth-order valence-corrected chi connectivity index (χ4v) is 1.95. The number of amides is 2. The predicted molar refractivity (Wildman–Crippen MR) is 78.8 cm³/mol. The highest BCUT2D eigenvalue weighted by Crippen LogP contribution is 2.15. The Morgan fingerprint density at radius 3 is 2.59 bits per heavy atom. The minimum Gasteiger partial charge on any atom is -0.481 e. The number of pyridine rings is 1. The molecule has 1 aromatic carbocycles. The van der Waals surface area contributed by atoms with Gasteiger partial charge in [-0.3, -0.25) is 30.2 Å². The first kappa shape index (κ1) is 15.4. The maximum atomic E-state index is 12.1. The van der Waals surface area contributed by atoms with Gasteiger partial charge in [0.15, 0.2) is 0 Å². The van der Waals surface area contributed by atoms with E-state index in [-0.39, 0.29) is 25.0 Å². The number of nitrogens with zero attached hydrogens (tertiary/aromatic N) is 1. The number of carbonyl (C=O) groups is 3. The van der Waals surface area contributed by atoms with Crippen molar-refractivity contribution in [1.29, 1.82) is 0 Å². The molecule has 2 amide bonds. The molecule has 0 aliphatic rings. The van der Waals surface area contributed by atoms with Gasteiger partial charge < -0.3 is 5.11 Å². The first-order valence-electron chi connectivity index (χ1n) is 6.72. The van der Waals surface area contributed by atoms with E-state index in [1.165, 1.54) is 6.20 Å². The monoisotopic (exact) mass is 301 g/mol. The van der Waals surface area contributed by atoms with Gasteiger partial charge in [-0.05, 0) is 17.9 Å². The smallest absolute Gasteiger partial charge is 0.303 e. The third kappa shape index (κ3) is 4.02. The topological polar surface area (TPSA) is 108 Å². The van der Waals surface area contributed by atoms with Crippen LogP contribution in [0.4, 0.5) is 0 Å². The van der Waals surface area contributed by atoms with Crippen LogP contribution in [0, 0.1) is 0 Å². The standard InChI is InChI=1S/C15H15N3O4/c19-12(6-3-7-13(20)21)17-18-15(22)14-11-5-2-1-4-10(11)8-9-16-14/h1-2,4-5,8-9H,3,6-7H2,(H,17,19)(H,18,22)(H,20,21). The van der Waals surface area contributed by atoms with Crippen LogP contribution in [-0.2, 0) is 9.59 Å². The Morgan fingerprint density at radius 1 is 1.05 bits per heavy atom. The highest BCUT2D eigenvalue weighted by Gasteiger charge is 2.12. The fraction of sp³-hybridized carbons (Fsp3) is 0.200. The molecular weight excluding hydrogens is 286 g/mol. The van der Waals surface area contributed by atoms with Crippen molar-refractivity contribution < 1.29 is 19.5 Å². The summed E-state index contributed by atoms with van der Waals surface area (Å²) in [6, 6.07) is 9.07. The van der Waals surface area contributed by atoms with E-state index in [2.05, 4.69) is 15.8 Å². The highest BCUT2D eigenvalue weighted by atomic mass is 16.4. The molecule has 0 unspecified atom stereocenters. The third-order valence-corrected chi connectivity index (χ3v) is 3.00. The summed E-state index contributed by atoms with van der Waals surface area (Å²) >= 11 is 0. The zero-order chi connectivity index (χ0) is 15.9. The lowest BCUT2D eigenvalue weighted by Crippen LogP contribution is -2.41. The second kappa shape index (κ2) is 7.16. The maximum Gasteiger partial charge on any atom is 0.303 e. The van der Waals surface area contributed by atoms with Gasteiger partial charge in [0.25, 0.3) is 5.91 Å². The fourth-order valence-electron chi connectivity index (χ4n) is 1.95. The maximum absolute atomic E-state index is 12.1. The van der Waals surface area contributed by atoms with E-state index in [1.807, 2.05) is 12.1 Å². The van der Waals surface area contributed by atoms with E-state index < -0.39 is 17.8 Å². The molecule has 1 heterocycles. The summed E-state index contributed by atoms with van der Waals surface area (Å²) in [5.41, 5.74) is 4.74. The van der Waals surface area contributed by atoms with Crippen LogP contribution in [0.15, 0.2) is 36.5 Å². The largest absolute Gasteiger partial charge is 0.481 e. The van der Waals surface area contributed by atoms with Crippen LogP contribution >= 0.6 is 0 Å². The van der Waals surface area contributed by atoms with Crippen LogP contribution in [0.25, 0.3) is 10.8 Å². The number of hydrazine groups is 1. The van der Waals surface area contributed by atoms with Crippen molar-refractivity contribution in [2.45, 2.75) is 19.3 Å².